The van der Waals surface area contributed by atoms with Gasteiger partial charge < -0.3 is 9.73 Å². The lowest BCUT2D eigenvalue weighted by Crippen LogP contribution is -2.18. The highest BCUT2D eigenvalue weighted by Crippen LogP contribution is 2.12. The average molecular weight is 351 g/mol. The summed E-state index contributed by atoms with van der Waals surface area (Å²) in [7, 11) is 1.70. The van der Waals surface area contributed by atoms with Gasteiger partial charge in [-0.15, -0.1) is 0 Å². The van der Waals surface area contributed by atoms with Crippen LogP contribution in [0.15, 0.2) is 64.4 Å². The zero-order valence-corrected chi connectivity index (χ0v) is 14.3. The third-order valence-corrected chi connectivity index (χ3v) is 3.68. The molecule has 0 bridgehead atoms. The largest absolute Gasteiger partial charge is 0.459 e. The molecule has 2 aromatic heterocycles. The fourth-order valence-electron chi connectivity index (χ4n) is 2.25. The summed E-state index contributed by atoms with van der Waals surface area (Å²) in [5.74, 6) is -0.474. The molecule has 3 aromatic rings. The van der Waals surface area contributed by atoms with Crippen molar-refractivity contribution in [3.63, 3.8) is 0 Å². The number of nitrogens with zero attached hydrogens (tertiary/aromatic N) is 3. The molecule has 3 rings (SSSR count). The van der Waals surface area contributed by atoms with Crippen molar-refractivity contribution in [3.05, 3.63) is 71.9 Å². The number of hydrogen-bond acceptors (Lipinski definition) is 5. The van der Waals surface area contributed by atoms with E-state index >= 15 is 0 Å². The molecule has 2 N–H and O–H groups in total. The molecule has 2 amide bonds. The zero-order valence-electron chi connectivity index (χ0n) is 14.3. The maximum Gasteiger partial charge on any atom is 0.307 e. The Morgan fingerprint density at radius 3 is 2.50 bits per heavy atom. The Kier molecular flexibility index (Phi) is 4.93. The Balaban J connectivity index is 1.63. The zero-order chi connectivity index (χ0) is 18.5. The molecule has 1 aromatic carbocycles. The van der Waals surface area contributed by atoms with Crippen molar-refractivity contribution in [1.82, 2.24) is 15.2 Å². The summed E-state index contributed by atoms with van der Waals surface area (Å²) in [5.41, 5.74) is 4.97. The number of benzene rings is 1. The minimum Gasteiger partial charge on any atom is -0.459 e. The molecular weight excluding hydrogens is 334 g/mol. The Labute approximate surface area is 149 Å². The minimum absolute atomic E-state index is 0.190. The normalized spacial score (nSPS) is 11.2. The molecule has 0 spiro atoms. The Hall–Kier alpha value is -3.68. The fraction of sp³-hybridized carbons (Fsp3) is 0.111. The Bertz CT molecular complexity index is 940. The number of carbonyl (C=O) groups excluding carboxylic acids is 2. The molecule has 8 heteroatoms. The lowest BCUT2D eigenvalue weighted by molar-refractivity contribution is 0.0926. The van der Waals surface area contributed by atoms with Crippen LogP contribution in [0.2, 0.25) is 0 Å². The van der Waals surface area contributed by atoms with Crippen LogP contribution in [0.4, 0.5) is 5.69 Å². The van der Waals surface area contributed by atoms with Gasteiger partial charge in [-0.1, -0.05) is 12.1 Å². The standard InChI is InChI=1S/C18H17N5O3/c1-12(21-22-18(25)16-4-3-11-26-16)13-5-7-14(8-6-13)20-17(24)15-9-10-19-23(15)2/h3-11H,1-2H3,(H,20,24)(H,22,25)/b21-12-. The highest BCUT2D eigenvalue weighted by molar-refractivity contribution is 6.04. The van der Waals surface area contributed by atoms with Crippen LogP contribution in [0.25, 0.3) is 0 Å². The first-order valence-corrected chi connectivity index (χ1v) is 7.82. The first-order chi connectivity index (χ1) is 12.5. The van der Waals surface area contributed by atoms with E-state index in [1.807, 2.05) is 0 Å². The van der Waals surface area contributed by atoms with E-state index in [9.17, 15) is 9.59 Å². The van der Waals surface area contributed by atoms with Crippen LogP contribution >= 0.6 is 0 Å². The summed E-state index contributed by atoms with van der Waals surface area (Å²) in [6.45, 7) is 1.77. The van der Waals surface area contributed by atoms with Gasteiger partial charge in [-0.3, -0.25) is 14.3 Å². The van der Waals surface area contributed by atoms with Gasteiger partial charge in [-0.25, -0.2) is 5.43 Å². The van der Waals surface area contributed by atoms with Gasteiger partial charge >= 0.3 is 5.91 Å². The molecular formula is C18H17N5O3. The van der Waals surface area contributed by atoms with Crippen molar-refractivity contribution < 1.29 is 14.0 Å². The SMILES string of the molecule is C/C(=N/NC(=O)c1ccco1)c1ccc(NC(=O)c2ccnn2C)cc1. The first kappa shape index (κ1) is 17.2. The van der Waals surface area contributed by atoms with Gasteiger partial charge in [0.25, 0.3) is 5.91 Å². The van der Waals surface area contributed by atoms with Gasteiger partial charge in [0.2, 0.25) is 0 Å². The predicted octanol–water partition coefficient (Wildman–Crippen LogP) is 2.42. The number of aromatic nitrogens is 2. The van der Waals surface area contributed by atoms with E-state index in [0.29, 0.717) is 17.1 Å². The van der Waals surface area contributed by atoms with Crippen LogP contribution in [-0.4, -0.2) is 27.3 Å². The summed E-state index contributed by atoms with van der Waals surface area (Å²) in [6.07, 6.45) is 2.98. The van der Waals surface area contributed by atoms with E-state index in [-0.39, 0.29) is 11.7 Å². The number of nitrogens with one attached hydrogen (secondary N) is 2. The van der Waals surface area contributed by atoms with Crippen LogP contribution < -0.4 is 10.7 Å². The molecule has 0 saturated heterocycles. The lowest BCUT2D eigenvalue weighted by Gasteiger charge is -2.07. The Morgan fingerprint density at radius 2 is 1.88 bits per heavy atom. The quantitative estimate of drug-likeness (QED) is 0.544. The lowest BCUT2D eigenvalue weighted by atomic mass is 10.1. The number of amides is 2. The van der Waals surface area contributed by atoms with Crippen molar-refractivity contribution in [1.29, 1.82) is 0 Å². The van der Waals surface area contributed by atoms with Crippen molar-refractivity contribution in [3.8, 4) is 0 Å². The van der Waals surface area contributed by atoms with Crippen LogP contribution in [-0.2, 0) is 7.05 Å². The van der Waals surface area contributed by atoms with Crippen LogP contribution in [0.5, 0.6) is 0 Å². The maximum absolute atomic E-state index is 12.2. The van der Waals surface area contributed by atoms with E-state index in [1.165, 1.54) is 10.9 Å². The van der Waals surface area contributed by atoms with Crippen molar-refractivity contribution >= 4 is 23.2 Å². The molecule has 0 unspecified atom stereocenters. The molecule has 132 valence electrons. The van der Waals surface area contributed by atoms with Crippen molar-refractivity contribution in [2.75, 3.05) is 5.32 Å². The first-order valence-electron chi connectivity index (χ1n) is 7.82. The molecule has 26 heavy (non-hydrogen) atoms. The monoisotopic (exact) mass is 351 g/mol. The summed E-state index contributed by atoms with van der Waals surface area (Å²) < 4.78 is 6.50. The average Bonchev–Trinajstić information content (AvgIpc) is 3.31. The van der Waals surface area contributed by atoms with Gasteiger partial charge in [0, 0.05) is 18.9 Å². The van der Waals surface area contributed by atoms with Gasteiger partial charge in [0.15, 0.2) is 5.76 Å². The number of rotatable bonds is 5. The highest BCUT2D eigenvalue weighted by atomic mass is 16.3. The fourth-order valence-corrected chi connectivity index (χ4v) is 2.25. The van der Waals surface area contributed by atoms with Crippen LogP contribution in [0.3, 0.4) is 0 Å². The van der Waals surface area contributed by atoms with E-state index in [1.54, 1.807) is 62.6 Å². The van der Waals surface area contributed by atoms with Crippen molar-refractivity contribution in [2.24, 2.45) is 12.1 Å². The van der Waals surface area contributed by atoms with Crippen LogP contribution in [0, 0.1) is 0 Å². The minimum atomic E-state index is -0.422. The van der Waals surface area contributed by atoms with Crippen LogP contribution in [0.1, 0.15) is 33.5 Å². The van der Waals surface area contributed by atoms with Gasteiger partial charge in [-0.2, -0.15) is 10.2 Å². The predicted molar refractivity (Wildman–Crippen MR) is 96.0 cm³/mol. The highest BCUT2D eigenvalue weighted by Gasteiger charge is 2.10. The summed E-state index contributed by atoms with van der Waals surface area (Å²) >= 11 is 0. The second-order valence-electron chi connectivity index (χ2n) is 5.49. The van der Waals surface area contributed by atoms with Gasteiger partial charge in [0.05, 0.1) is 12.0 Å². The third kappa shape index (κ3) is 3.86. The number of furan rings is 1. The maximum atomic E-state index is 12.2. The molecule has 0 saturated carbocycles. The topological polar surface area (TPSA) is 102 Å². The molecule has 0 fully saturated rings. The van der Waals surface area contributed by atoms with E-state index in [2.05, 4.69) is 20.9 Å². The number of aryl methyl sites for hydroxylation is 1. The summed E-state index contributed by atoms with van der Waals surface area (Å²) in [5, 5.41) is 10.8. The Morgan fingerprint density at radius 1 is 1.12 bits per heavy atom. The van der Waals surface area contributed by atoms with E-state index in [4.69, 9.17) is 4.42 Å². The molecule has 0 aliphatic carbocycles. The van der Waals surface area contributed by atoms with Gasteiger partial charge in [0.1, 0.15) is 5.69 Å². The second kappa shape index (κ2) is 7.47. The molecule has 2 heterocycles. The van der Waals surface area contributed by atoms with Crippen molar-refractivity contribution in [2.45, 2.75) is 6.92 Å². The molecule has 0 aliphatic heterocycles. The second-order valence-corrected chi connectivity index (χ2v) is 5.49. The van der Waals surface area contributed by atoms with E-state index in [0.717, 1.165) is 5.56 Å². The number of hydrogen-bond donors (Lipinski definition) is 2. The molecule has 0 atom stereocenters. The number of hydrazone groups is 1. The molecule has 0 aliphatic rings. The van der Waals surface area contributed by atoms with Gasteiger partial charge in [-0.05, 0) is 42.8 Å². The summed E-state index contributed by atoms with van der Waals surface area (Å²) in [6, 6.07) is 12.0. The number of carbonyl (C=O) groups is 2. The summed E-state index contributed by atoms with van der Waals surface area (Å²) in [4.78, 5) is 23.9. The third-order valence-electron chi connectivity index (χ3n) is 3.68. The molecule has 8 nitrogen and oxygen atoms in total. The number of anilines is 1. The smallest absolute Gasteiger partial charge is 0.307 e. The molecule has 0 radical (unpaired) electrons. The van der Waals surface area contributed by atoms with E-state index < -0.39 is 5.91 Å².